The Morgan fingerprint density at radius 2 is 1.31 bits per heavy atom. The van der Waals surface area contributed by atoms with E-state index in [0.29, 0.717) is 25.6 Å². The Balaban J connectivity index is 1.82. The fraction of sp³-hybridized carbons (Fsp3) is 0.667. The van der Waals surface area contributed by atoms with E-state index in [1.165, 1.54) is 32.9 Å². The van der Waals surface area contributed by atoms with Crippen LogP contribution in [-0.4, -0.2) is 51.1 Å². The standard InChI is InChI=1S/C18H28N2O4S2/c1-15-10-13-19(14-11-15)25(21,22)17-6-8-18(9-7-17)26(23,24)20-12-4-3-5-16(20)2/h6-9,15-16H,3-5,10-14H2,1-2H3. The molecule has 8 heteroatoms. The van der Waals surface area contributed by atoms with Gasteiger partial charge in [-0.15, -0.1) is 0 Å². The summed E-state index contributed by atoms with van der Waals surface area (Å²) in [5, 5.41) is 0. The van der Waals surface area contributed by atoms with Gasteiger partial charge in [0.25, 0.3) is 0 Å². The summed E-state index contributed by atoms with van der Waals surface area (Å²) in [6.45, 7) is 5.62. The summed E-state index contributed by atoms with van der Waals surface area (Å²) < 4.78 is 54.3. The Morgan fingerprint density at radius 3 is 1.85 bits per heavy atom. The molecule has 0 saturated carbocycles. The Labute approximate surface area is 157 Å². The van der Waals surface area contributed by atoms with Crippen molar-refractivity contribution in [2.75, 3.05) is 19.6 Å². The summed E-state index contributed by atoms with van der Waals surface area (Å²) >= 11 is 0. The molecule has 2 fully saturated rings. The molecule has 0 spiro atoms. The zero-order chi connectivity index (χ0) is 18.9. The third kappa shape index (κ3) is 3.83. The smallest absolute Gasteiger partial charge is 0.207 e. The molecule has 2 saturated heterocycles. The monoisotopic (exact) mass is 400 g/mol. The van der Waals surface area contributed by atoms with Crippen molar-refractivity contribution in [3.8, 4) is 0 Å². The first-order valence-corrected chi connectivity index (χ1v) is 12.2. The molecule has 0 aromatic heterocycles. The molecule has 0 radical (unpaired) electrons. The van der Waals surface area contributed by atoms with Crippen LogP contribution < -0.4 is 0 Å². The number of nitrogens with zero attached hydrogens (tertiary/aromatic N) is 2. The number of hydrogen-bond donors (Lipinski definition) is 0. The minimum absolute atomic E-state index is 0.0208. The van der Waals surface area contributed by atoms with E-state index in [2.05, 4.69) is 6.92 Å². The highest BCUT2D eigenvalue weighted by Crippen LogP contribution is 2.27. The maximum absolute atomic E-state index is 12.9. The quantitative estimate of drug-likeness (QED) is 0.779. The molecular weight excluding hydrogens is 372 g/mol. The lowest BCUT2D eigenvalue weighted by molar-refractivity contribution is 0.268. The van der Waals surface area contributed by atoms with Crippen LogP contribution in [0.4, 0.5) is 0 Å². The molecule has 1 aromatic rings. The maximum Gasteiger partial charge on any atom is 0.243 e. The molecule has 0 aliphatic carbocycles. The van der Waals surface area contributed by atoms with Gasteiger partial charge in [0.05, 0.1) is 9.79 Å². The third-order valence-electron chi connectivity index (χ3n) is 5.55. The van der Waals surface area contributed by atoms with Gasteiger partial charge in [-0.05, 0) is 62.8 Å². The van der Waals surface area contributed by atoms with E-state index in [-0.39, 0.29) is 15.8 Å². The van der Waals surface area contributed by atoms with Gasteiger partial charge in [0.2, 0.25) is 20.0 Å². The van der Waals surface area contributed by atoms with Crippen molar-refractivity contribution >= 4 is 20.0 Å². The molecule has 2 aliphatic heterocycles. The van der Waals surface area contributed by atoms with Crippen molar-refractivity contribution in [2.45, 2.75) is 61.8 Å². The van der Waals surface area contributed by atoms with E-state index in [9.17, 15) is 16.8 Å². The first kappa shape index (κ1) is 19.8. The van der Waals surface area contributed by atoms with Gasteiger partial charge < -0.3 is 0 Å². The summed E-state index contributed by atoms with van der Waals surface area (Å²) in [7, 11) is -7.14. The van der Waals surface area contributed by atoms with Crippen molar-refractivity contribution in [1.82, 2.24) is 8.61 Å². The van der Waals surface area contributed by atoms with E-state index in [1.54, 1.807) is 0 Å². The average molecular weight is 401 g/mol. The van der Waals surface area contributed by atoms with Crippen LogP contribution in [0.2, 0.25) is 0 Å². The van der Waals surface area contributed by atoms with E-state index in [1.807, 2.05) is 6.92 Å². The normalized spacial score (nSPS) is 24.6. The highest BCUT2D eigenvalue weighted by atomic mass is 32.2. The van der Waals surface area contributed by atoms with Crippen LogP contribution in [0.1, 0.15) is 46.0 Å². The highest BCUT2D eigenvalue weighted by Gasteiger charge is 2.32. The van der Waals surface area contributed by atoms with Gasteiger partial charge >= 0.3 is 0 Å². The first-order valence-electron chi connectivity index (χ1n) is 9.35. The minimum Gasteiger partial charge on any atom is -0.207 e. The van der Waals surface area contributed by atoms with Crippen molar-refractivity contribution in [3.63, 3.8) is 0 Å². The highest BCUT2D eigenvalue weighted by molar-refractivity contribution is 7.89. The lowest BCUT2D eigenvalue weighted by Gasteiger charge is -2.32. The Morgan fingerprint density at radius 1 is 0.769 bits per heavy atom. The molecule has 26 heavy (non-hydrogen) atoms. The van der Waals surface area contributed by atoms with Crippen LogP contribution in [0, 0.1) is 5.92 Å². The van der Waals surface area contributed by atoms with Gasteiger partial charge in [-0.3, -0.25) is 0 Å². The summed E-state index contributed by atoms with van der Waals surface area (Å²) in [5.74, 6) is 0.542. The van der Waals surface area contributed by atoms with Crippen molar-refractivity contribution in [2.24, 2.45) is 5.92 Å². The molecule has 1 unspecified atom stereocenters. The van der Waals surface area contributed by atoms with Crippen LogP contribution in [0.3, 0.4) is 0 Å². The molecule has 1 aromatic carbocycles. The molecule has 2 heterocycles. The summed E-state index contributed by atoms with van der Waals surface area (Å²) in [4.78, 5) is 0.329. The van der Waals surface area contributed by atoms with E-state index in [4.69, 9.17) is 0 Å². The fourth-order valence-corrected chi connectivity index (χ4v) is 6.89. The van der Waals surface area contributed by atoms with Crippen molar-refractivity contribution < 1.29 is 16.8 Å². The van der Waals surface area contributed by atoms with E-state index >= 15 is 0 Å². The average Bonchev–Trinajstić information content (AvgIpc) is 2.62. The molecule has 0 N–H and O–H groups in total. The molecule has 2 aliphatic rings. The lowest BCUT2D eigenvalue weighted by Crippen LogP contribution is -2.41. The van der Waals surface area contributed by atoms with Crippen molar-refractivity contribution in [1.29, 1.82) is 0 Å². The predicted molar refractivity (Wildman–Crippen MR) is 101 cm³/mol. The van der Waals surface area contributed by atoms with Gasteiger partial charge in [0.1, 0.15) is 0 Å². The van der Waals surface area contributed by atoms with Gasteiger partial charge in [-0.25, -0.2) is 16.8 Å². The van der Waals surface area contributed by atoms with Crippen LogP contribution in [0.25, 0.3) is 0 Å². The second-order valence-electron chi connectivity index (χ2n) is 7.52. The van der Waals surface area contributed by atoms with Gasteiger partial charge in [0, 0.05) is 25.7 Å². The van der Waals surface area contributed by atoms with E-state index in [0.717, 1.165) is 32.1 Å². The van der Waals surface area contributed by atoms with Crippen LogP contribution >= 0.6 is 0 Å². The van der Waals surface area contributed by atoms with Gasteiger partial charge in [-0.2, -0.15) is 8.61 Å². The topological polar surface area (TPSA) is 74.8 Å². The molecule has 0 amide bonds. The number of rotatable bonds is 4. The first-order chi connectivity index (χ1) is 12.2. The van der Waals surface area contributed by atoms with Gasteiger partial charge in [0.15, 0.2) is 0 Å². The Hall–Kier alpha value is -0.960. The minimum atomic E-state index is -3.58. The lowest BCUT2D eigenvalue weighted by atomic mass is 10.0. The summed E-state index contributed by atoms with van der Waals surface area (Å²) in [6.07, 6.45) is 4.48. The zero-order valence-electron chi connectivity index (χ0n) is 15.5. The number of hydrogen-bond acceptors (Lipinski definition) is 4. The number of piperidine rings is 2. The molecule has 3 rings (SSSR count). The predicted octanol–water partition coefficient (Wildman–Crippen LogP) is 2.67. The second kappa shape index (κ2) is 7.58. The Kier molecular flexibility index (Phi) is 5.77. The van der Waals surface area contributed by atoms with Crippen LogP contribution in [0.5, 0.6) is 0 Å². The van der Waals surface area contributed by atoms with Gasteiger partial charge in [-0.1, -0.05) is 13.3 Å². The maximum atomic E-state index is 12.9. The molecule has 6 nitrogen and oxygen atoms in total. The largest absolute Gasteiger partial charge is 0.243 e. The molecule has 0 bridgehead atoms. The molecule has 1 atom stereocenters. The summed E-state index contributed by atoms with van der Waals surface area (Å²) in [5.41, 5.74) is 0. The molecular formula is C18H28N2O4S2. The van der Waals surface area contributed by atoms with E-state index < -0.39 is 20.0 Å². The fourth-order valence-electron chi connectivity index (χ4n) is 3.72. The third-order valence-corrected chi connectivity index (χ3v) is 9.49. The summed E-state index contributed by atoms with van der Waals surface area (Å²) in [6, 6.07) is 5.68. The SMILES string of the molecule is CC1CCN(S(=O)(=O)c2ccc(S(=O)(=O)N3CCCCC3C)cc2)CC1. The second-order valence-corrected chi connectivity index (χ2v) is 11.3. The number of sulfonamides is 2. The number of benzene rings is 1. The zero-order valence-corrected chi connectivity index (χ0v) is 17.1. The van der Waals surface area contributed by atoms with Crippen molar-refractivity contribution in [3.05, 3.63) is 24.3 Å². The molecule has 146 valence electrons. The Bertz CT molecular complexity index is 826. The van der Waals surface area contributed by atoms with Crippen LogP contribution in [-0.2, 0) is 20.0 Å². The van der Waals surface area contributed by atoms with Crippen LogP contribution in [0.15, 0.2) is 34.1 Å².